The van der Waals surface area contributed by atoms with E-state index in [4.69, 9.17) is 9.52 Å². The summed E-state index contributed by atoms with van der Waals surface area (Å²) in [5.74, 6) is 1.01. The average molecular weight is 280 g/mol. The molecule has 0 aromatic carbocycles. The van der Waals surface area contributed by atoms with Gasteiger partial charge in [-0.25, -0.2) is 9.59 Å². The molecule has 0 bridgehead atoms. The molecule has 1 aromatic rings. The van der Waals surface area contributed by atoms with Crippen LogP contribution in [0.5, 0.6) is 0 Å². The van der Waals surface area contributed by atoms with Gasteiger partial charge in [-0.2, -0.15) is 0 Å². The first-order valence-electron chi connectivity index (χ1n) is 6.81. The van der Waals surface area contributed by atoms with Crippen LogP contribution in [0.2, 0.25) is 0 Å². The van der Waals surface area contributed by atoms with Gasteiger partial charge in [0.25, 0.3) is 0 Å². The number of urea groups is 1. The number of rotatable bonds is 6. The van der Waals surface area contributed by atoms with E-state index in [1.54, 1.807) is 6.92 Å². The molecule has 110 valence electrons. The predicted octanol–water partition coefficient (Wildman–Crippen LogP) is 2.13. The Kier molecular flexibility index (Phi) is 4.32. The van der Waals surface area contributed by atoms with Gasteiger partial charge >= 0.3 is 12.0 Å². The smallest absolute Gasteiger partial charge is 0.339 e. The fourth-order valence-electron chi connectivity index (χ4n) is 2.16. The van der Waals surface area contributed by atoms with Crippen LogP contribution in [-0.2, 0) is 6.54 Å². The van der Waals surface area contributed by atoms with Gasteiger partial charge in [-0.3, -0.25) is 0 Å². The number of carbonyl (C=O) groups is 2. The minimum Gasteiger partial charge on any atom is -0.478 e. The van der Waals surface area contributed by atoms with E-state index in [1.807, 2.05) is 0 Å². The van der Waals surface area contributed by atoms with Gasteiger partial charge in [0.15, 0.2) is 0 Å². The van der Waals surface area contributed by atoms with Crippen molar-refractivity contribution >= 4 is 12.0 Å². The van der Waals surface area contributed by atoms with Gasteiger partial charge in [0, 0.05) is 6.54 Å². The molecule has 6 nitrogen and oxygen atoms in total. The molecule has 3 N–H and O–H groups in total. The zero-order chi connectivity index (χ0) is 14.7. The van der Waals surface area contributed by atoms with Crippen LogP contribution in [-0.4, -0.2) is 23.7 Å². The second-order valence-electron chi connectivity index (χ2n) is 5.37. The number of aromatic carboxylic acids is 1. The molecule has 0 spiro atoms. The van der Waals surface area contributed by atoms with Crippen molar-refractivity contribution in [1.82, 2.24) is 10.6 Å². The van der Waals surface area contributed by atoms with Crippen molar-refractivity contribution in [2.75, 3.05) is 6.54 Å². The van der Waals surface area contributed by atoms with Crippen LogP contribution < -0.4 is 10.6 Å². The summed E-state index contributed by atoms with van der Waals surface area (Å²) in [5, 5.41) is 14.4. The minimum atomic E-state index is -1.03. The fourth-order valence-corrected chi connectivity index (χ4v) is 2.16. The molecule has 1 aliphatic rings. The van der Waals surface area contributed by atoms with Crippen molar-refractivity contribution in [3.05, 3.63) is 23.2 Å². The van der Waals surface area contributed by atoms with Crippen LogP contribution in [0.3, 0.4) is 0 Å². The molecule has 2 amide bonds. The summed E-state index contributed by atoms with van der Waals surface area (Å²) in [6, 6.07) is 1.17. The van der Waals surface area contributed by atoms with E-state index in [9.17, 15) is 9.59 Å². The van der Waals surface area contributed by atoms with Crippen molar-refractivity contribution in [3.63, 3.8) is 0 Å². The summed E-state index contributed by atoms with van der Waals surface area (Å²) in [7, 11) is 0. The monoisotopic (exact) mass is 280 g/mol. The van der Waals surface area contributed by atoms with Crippen LogP contribution in [0.4, 0.5) is 4.79 Å². The third-order valence-electron chi connectivity index (χ3n) is 3.63. The zero-order valence-corrected chi connectivity index (χ0v) is 11.7. The lowest BCUT2D eigenvalue weighted by Crippen LogP contribution is -2.37. The van der Waals surface area contributed by atoms with Gasteiger partial charge in [-0.1, -0.05) is 6.92 Å². The maximum Gasteiger partial charge on any atom is 0.339 e. The molecule has 0 aliphatic heterocycles. The van der Waals surface area contributed by atoms with Crippen LogP contribution in [0, 0.1) is 18.8 Å². The number of nitrogens with one attached hydrogen (secondary N) is 2. The molecule has 1 saturated carbocycles. The Morgan fingerprint density at radius 2 is 2.15 bits per heavy atom. The highest BCUT2D eigenvalue weighted by Gasteiger charge is 2.27. The number of aryl methyl sites for hydroxylation is 1. The van der Waals surface area contributed by atoms with E-state index in [1.165, 1.54) is 18.9 Å². The molecule has 1 aromatic heterocycles. The summed E-state index contributed by atoms with van der Waals surface area (Å²) < 4.78 is 5.28. The molecular formula is C14H20N2O4. The molecule has 1 unspecified atom stereocenters. The van der Waals surface area contributed by atoms with Crippen LogP contribution in [0.15, 0.2) is 10.5 Å². The maximum atomic E-state index is 11.6. The largest absolute Gasteiger partial charge is 0.478 e. The van der Waals surface area contributed by atoms with E-state index in [0.29, 0.717) is 24.0 Å². The number of carbonyl (C=O) groups excluding carboxylic acids is 1. The summed E-state index contributed by atoms with van der Waals surface area (Å²) in [4.78, 5) is 22.5. The number of furan rings is 1. The highest BCUT2D eigenvalue weighted by atomic mass is 16.4. The molecule has 1 atom stereocenters. The van der Waals surface area contributed by atoms with Crippen molar-refractivity contribution in [2.45, 2.75) is 33.2 Å². The van der Waals surface area contributed by atoms with Crippen molar-refractivity contribution < 1.29 is 19.1 Å². The SMILES string of the molecule is Cc1oc(CNC(=O)NCC(C)C2CC2)cc1C(=O)O. The van der Waals surface area contributed by atoms with Crippen LogP contribution in [0.1, 0.15) is 41.6 Å². The highest BCUT2D eigenvalue weighted by molar-refractivity contribution is 5.88. The third kappa shape index (κ3) is 3.76. The number of amides is 2. The van der Waals surface area contributed by atoms with Gasteiger partial charge in [-0.15, -0.1) is 0 Å². The van der Waals surface area contributed by atoms with E-state index >= 15 is 0 Å². The fraction of sp³-hybridized carbons (Fsp3) is 0.571. The van der Waals surface area contributed by atoms with Crippen molar-refractivity contribution in [2.24, 2.45) is 11.8 Å². The Labute approximate surface area is 117 Å². The lowest BCUT2D eigenvalue weighted by Gasteiger charge is -2.11. The number of carboxylic acids is 1. The van der Waals surface area contributed by atoms with E-state index in [-0.39, 0.29) is 18.1 Å². The summed E-state index contributed by atoms with van der Waals surface area (Å²) in [5.41, 5.74) is 0.129. The number of hydrogen-bond donors (Lipinski definition) is 3. The van der Waals surface area contributed by atoms with Crippen molar-refractivity contribution in [1.29, 1.82) is 0 Å². The molecular weight excluding hydrogens is 260 g/mol. The predicted molar refractivity (Wildman–Crippen MR) is 72.5 cm³/mol. The molecule has 1 fully saturated rings. The second-order valence-corrected chi connectivity index (χ2v) is 5.37. The minimum absolute atomic E-state index is 0.129. The quantitative estimate of drug-likeness (QED) is 0.744. The lowest BCUT2D eigenvalue weighted by atomic mass is 10.1. The van der Waals surface area contributed by atoms with Gasteiger partial charge in [-0.05, 0) is 37.7 Å². The van der Waals surface area contributed by atoms with E-state index in [0.717, 1.165) is 5.92 Å². The maximum absolute atomic E-state index is 11.6. The lowest BCUT2D eigenvalue weighted by molar-refractivity contribution is 0.0695. The van der Waals surface area contributed by atoms with E-state index in [2.05, 4.69) is 17.6 Å². The first kappa shape index (κ1) is 14.4. The van der Waals surface area contributed by atoms with Gasteiger partial charge < -0.3 is 20.2 Å². The highest BCUT2D eigenvalue weighted by Crippen LogP contribution is 2.35. The molecule has 20 heavy (non-hydrogen) atoms. The van der Waals surface area contributed by atoms with Gasteiger partial charge in [0.1, 0.15) is 17.1 Å². The molecule has 2 rings (SSSR count). The average Bonchev–Trinajstić information content (AvgIpc) is 3.17. The summed E-state index contributed by atoms with van der Waals surface area (Å²) in [6.07, 6.45) is 2.52. The topological polar surface area (TPSA) is 91.6 Å². The molecule has 0 saturated heterocycles. The second kappa shape index (κ2) is 5.98. The Morgan fingerprint density at radius 1 is 1.45 bits per heavy atom. The molecule has 1 aliphatic carbocycles. The number of carboxylic acid groups (broad SMARTS) is 1. The zero-order valence-electron chi connectivity index (χ0n) is 11.7. The standard InChI is InChI=1S/C14H20N2O4/c1-8(10-3-4-10)6-15-14(19)16-7-11-5-12(13(17)18)9(2)20-11/h5,8,10H,3-4,6-7H2,1-2H3,(H,17,18)(H2,15,16,19). The Morgan fingerprint density at radius 3 is 2.70 bits per heavy atom. The van der Waals surface area contributed by atoms with Crippen LogP contribution in [0.25, 0.3) is 0 Å². The Bertz CT molecular complexity index is 505. The molecule has 0 radical (unpaired) electrons. The Balaban J connectivity index is 1.75. The van der Waals surface area contributed by atoms with Gasteiger partial charge in [0.2, 0.25) is 0 Å². The van der Waals surface area contributed by atoms with Crippen molar-refractivity contribution in [3.8, 4) is 0 Å². The van der Waals surface area contributed by atoms with Gasteiger partial charge in [0.05, 0.1) is 6.54 Å². The normalized spacial score (nSPS) is 15.7. The van der Waals surface area contributed by atoms with E-state index < -0.39 is 5.97 Å². The number of hydrogen-bond acceptors (Lipinski definition) is 3. The Hall–Kier alpha value is -1.98. The molecule has 1 heterocycles. The molecule has 6 heteroatoms. The summed E-state index contributed by atoms with van der Waals surface area (Å²) in [6.45, 7) is 4.56. The first-order valence-corrected chi connectivity index (χ1v) is 6.81. The summed E-state index contributed by atoms with van der Waals surface area (Å²) >= 11 is 0. The first-order chi connectivity index (χ1) is 9.47. The third-order valence-corrected chi connectivity index (χ3v) is 3.63. The van der Waals surface area contributed by atoms with Crippen LogP contribution >= 0.6 is 0 Å².